The summed E-state index contributed by atoms with van der Waals surface area (Å²) in [5, 5.41) is 20.0. The van der Waals surface area contributed by atoms with E-state index in [0.717, 1.165) is 17.7 Å². The highest BCUT2D eigenvalue weighted by atomic mass is 32.2. The van der Waals surface area contributed by atoms with E-state index in [1.54, 1.807) is 12.2 Å². The molecule has 1 heterocycles. The Morgan fingerprint density at radius 3 is 3.00 bits per heavy atom. The first-order valence-electron chi connectivity index (χ1n) is 6.32. The monoisotopic (exact) mass is 305 g/mol. The Hall–Kier alpha value is -2.28. The van der Waals surface area contributed by atoms with Crippen LogP contribution in [0.15, 0.2) is 58.1 Å². The zero-order chi connectivity index (χ0) is 15.0. The van der Waals surface area contributed by atoms with E-state index in [2.05, 4.69) is 0 Å². The average molecular weight is 305 g/mol. The van der Waals surface area contributed by atoms with Crippen molar-refractivity contribution in [2.45, 2.75) is 18.1 Å². The van der Waals surface area contributed by atoms with E-state index in [-0.39, 0.29) is 16.4 Å². The van der Waals surface area contributed by atoms with Gasteiger partial charge in [0.2, 0.25) is 0 Å². The summed E-state index contributed by atoms with van der Waals surface area (Å²) in [6.07, 6.45) is 9.75. The van der Waals surface area contributed by atoms with E-state index in [9.17, 15) is 14.9 Å². The van der Waals surface area contributed by atoms with Gasteiger partial charge in [-0.1, -0.05) is 18.2 Å². The summed E-state index contributed by atoms with van der Waals surface area (Å²) in [5.41, 5.74) is 0.299. The summed E-state index contributed by atoms with van der Waals surface area (Å²) >= 11 is 1.47. The second kappa shape index (κ2) is 5.25. The van der Waals surface area contributed by atoms with E-state index in [0.29, 0.717) is 5.76 Å². The molecule has 0 radical (unpaired) electrons. The van der Waals surface area contributed by atoms with Crippen molar-refractivity contribution in [2.24, 2.45) is 0 Å². The van der Waals surface area contributed by atoms with Crippen LogP contribution in [-0.2, 0) is 9.53 Å². The maximum absolute atomic E-state index is 11.3. The lowest BCUT2D eigenvalue weighted by Crippen LogP contribution is -2.15. The van der Waals surface area contributed by atoms with E-state index < -0.39 is 16.8 Å². The quantitative estimate of drug-likeness (QED) is 0.623. The van der Waals surface area contributed by atoms with Crippen molar-refractivity contribution >= 4 is 17.7 Å². The number of carbonyl (C=O) groups is 1. The molecule has 1 unspecified atom stereocenters. The van der Waals surface area contributed by atoms with Crippen LogP contribution in [0.3, 0.4) is 0 Å². The van der Waals surface area contributed by atoms with Crippen molar-refractivity contribution in [3.8, 4) is 0 Å². The number of hydrogen-bond donors (Lipinski definition) is 1. The minimum Gasteiger partial charge on any atom is -0.478 e. The second-order valence-electron chi connectivity index (χ2n) is 4.65. The number of ether oxygens (including phenoxy) is 1. The second-order valence-corrected chi connectivity index (χ2v) is 5.89. The first-order chi connectivity index (χ1) is 10.1. The lowest BCUT2D eigenvalue weighted by Gasteiger charge is -2.16. The minimum atomic E-state index is -1.12. The normalized spacial score (nSPS) is 23.8. The van der Waals surface area contributed by atoms with Crippen LogP contribution in [0.5, 0.6) is 0 Å². The molecular formula is C14H11NO5S. The highest BCUT2D eigenvalue weighted by Gasteiger charge is 2.34. The van der Waals surface area contributed by atoms with E-state index in [4.69, 9.17) is 9.84 Å². The zero-order valence-corrected chi connectivity index (χ0v) is 11.6. The summed E-state index contributed by atoms with van der Waals surface area (Å²) in [6.45, 7) is 0. The number of carboxylic acid groups (broad SMARTS) is 1. The van der Waals surface area contributed by atoms with Gasteiger partial charge in [0.1, 0.15) is 10.7 Å². The smallest absolute Gasteiger partial charge is 0.438 e. The standard InChI is InChI=1S/C14H11NO5S/c16-14(17)8-5-6-11-9(7-8)13(15(18)19)20-10-3-1-2-4-12(10)21-11/h1,3,5-7,11H,2,4H2,(H,16,17). The maximum Gasteiger partial charge on any atom is 0.438 e. The van der Waals surface area contributed by atoms with Gasteiger partial charge in [0, 0.05) is 4.91 Å². The Bertz CT molecular complexity index is 683. The first kappa shape index (κ1) is 13.7. The van der Waals surface area contributed by atoms with Crippen molar-refractivity contribution < 1.29 is 19.6 Å². The number of allylic oxidation sites excluding steroid dienone is 4. The van der Waals surface area contributed by atoms with Crippen molar-refractivity contribution in [1.82, 2.24) is 0 Å². The van der Waals surface area contributed by atoms with Crippen LogP contribution in [0.4, 0.5) is 0 Å². The van der Waals surface area contributed by atoms with Gasteiger partial charge < -0.3 is 9.84 Å². The molecule has 21 heavy (non-hydrogen) atoms. The molecule has 0 bridgehead atoms. The molecule has 1 aliphatic heterocycles. The minimum absolute atomic E-state index is 0.0141. The SMILES string of the molecule is O=C(O)C1=CC2=C([N+](=O)[O-])OC3=C(CCC=C3)SC2C=C1. The molecule has 0 fully saturated rings. The molecule has 1 atom stereocenters. The van der Waals surface area contributed by atoms with Crippen molar-refractivity contribution in [3.63, 3.8) is 0 Å². The Morgan fingerprint density at radius 1 is 1.48 bits per heavy atom. The molecule has 0 spiro atoms. The Morgan fingerprint density at radius 2 is 2.29 bits per heavy atom. The van der Waals surface area contributed by atoms with Gasteiger partial charge in [0.15, 0.2) is 0 Å². The van der Waals surface area contributed by atoms with Crippen molar-refractivity contribution in [2.75, 3.05) is 0 Å². The maximum atomic E-state index is 11.3. The van der Waals surface area contributed by atoms with Crippen molar-refractivity contribution in [3.05, 3.63) is 68.2 Å². The van der Waals surface area contributed by atoms with Crippen LogP contribution in [0.1, 0.15) is 12.8 Å². The number of nitro groups is 1. The molecule has 6 nitrogen and oxygen atoms in total. The van der Waals surface area contributed by atoms with Crippen LogP contribution >= 0.6 is 11.8 Å². The average Bonchev–Trinajstić information content (AvgIpc) is 2.62. The fourth-order valence-corrected chi connectivity index (χ4v) is 3.52. The van der Waals surface area contributed by atoms with Gasteiger partial charge in [0.05, 0.1) is 16.4 Å². The summed E-state index contributed by atoms with van der Waals surface area (Å²) in [6, 6.07) is 0. The number of thioether (sulfide) groups is 1. The molecular weight excluding hydrogens is 294 g/mol. The number of rotatable bonds is 2. The van der Waals surface area contributed by atoms with E-state index >= 15 is 0 Å². The molecule has 0 aromatic carbocycles. The van der Waals surface area contributed by atoms with Crippen LogP contribution in [0.2, 0.25) is 0 Å². The van der Waals surface area contributed by atoms with Gasteiger partial charge in [-0.3, -0.25) is 10.1 Å². The molecule has 7 heteroatoms. The first-order valence-corrected chi connectivity index (χ1v) is 7.20. The molecule has 0 saturated carbocycles. The fraction of sp³-hybridized carbons (Fsp3) is 0.214. The lowest BCUT2D eigenvalue weighted by molar-refractivity contribution is -0.460. The van der Waals surface area contributed by atoms with Gasteiger partial charge in [-0.05, 0) is 25.0 Å². The number of carboxylic acids is 1. The molecule has 108 valence electrons. The molecule has 0 amide bonds. The third-order valence-electron chi connectivity index (χ3n) is 3.29. The highest BCUT2D eigenvalue weighted by molar-refractivity contribution is 8.04. The van der Waals surface area contributed by atoms with Gasteiger partial charge in [-0.15, -0.1) is 11.8 Å². The Labute approximate surface area is 124 Å². The Balaban J connectivity index is 2.09. The third-order valence-corrected chi connectivity index (χ3v) is 4.64. The van der Waals surface area contributed by atoms with Crippen LogP contribution in [0.25, 0.3) is 0 Å². The summed E-state index contributed by atoms with van der Waals surface area (Å²) in [5.74, 6) is -1.03. The summed E-state index contributed by atoms with van der Waals surface area (Å²) < 4.78 is 5.46. The summed E-state index contributed by atoms with van der Waals surface area (Å²) in [4.78, 5) is 22.7. The molecule has 1 N–H and O–H groups in total. The fourth-order valence-electron chi connectivity index (χ4n) is 2.30. The van der Waals surface area contributed by atoms with Crippen LogP contribution < -0.4 is 0 Å². The molecule has 0 saturated heterocycles. The molecule has 3 rings (SSSR count). The molecule has 2 aliphatic carbocycles. The number of fused-ring (bicyclic) bond motifs is 1. The van der Waals surface area contributed by atoms with Gasteiger partial charge in [0.25, 0.3) is 0 Å². The summed E-state index contributed by atoms with van der Waals surface area (Å²) in [7, 11) is 0. The van der Waals surface area contributed by atoms with E-state index in [1.807, 2.05) is 6.08 Å². The van der Waals surface area contributed by atoms with Gasteiger partial charge in [-0.25, -0.2) is 4.79 Å². The van der Waals surface area contributed by atoms with E-state index in [1.165, 1.54) is 23.9 Å². The van der Waals surface area contributed by atoms with Crippen LogP contribution in [0, 0.1) is 10.1 Å². The highest BCUT2D eigenvalue weighted by Crippen LogP contribution is 2.42. The largest absolute Gasteiger partial charge is 0.478 e. The number of nitrogens with zero attached hydrogens (tertiary/aromatic N) is 1. The van der Waals surface area contributed by atoms with Gasteiger partial charge in [-0.2, -0.15) is 0 Å². The topological polar surface area (TPSA) is 89.7 Å². The lowest BCUT2D eigenvalue weighted by atomic mass is 10.0. The number of aliphatic carboxylic acids is 1. The van der Waals surface area contributed by atoms with Crippen molar-refractivity contribution in [1.29, 1.82) is 0 Å². The third kappa shape index (κ3) is 2.52. The van der Waals surface area contributed by atoms with Crippen LogP contribution in [-0.4, -0.2) is 21.2 Å². The Kier molecular flexibility index (Phi) is 3.42. The molecule has 0 aromatic heterocycles. The molecule has 3 aliphatic rings. The zero-order valence-electron chi connectivity index (χ0n) is 10.8. The number of hydrogen-bond acceptors (Lipinski definition) is 5. The van der Waals surface area contributed by atoms with Gasteiger partial charge >= 0.3 is 11.9 Å². The predicted octanol–water partition coefficient (Wildman–Crippen LogP) is 2.75. The molecule has 0 aromatic rings. The predicted molar refractivity (Wildman–Crippen MR) is 76.7 cm³/mol.